The molecule has 0 fully saturated rings. The van der Waals surface area contributed by atoms with Crippen molar-refractivity contribution in [3.05, 3.63) is 65.5 Å². The Morgan fingerprint density at radius 1 is 1.06 bits per heavy atom. The smallest absolute Gasteiger partial charge is 0.179 e. The van der Waals surface area contributed by atoms with E-state index in [-0.39, 0.29) is 6.10 Å². The van der Waals surface area contributed by atoms with Gasteiger partial charge in [-0.05, 0) is 52.1 Å². The molecule has 184 valence electrons. The molecule has 35 heavy (non-hydrogen) atoms. The molecule has 2 aromatic heterocycles. The van der Waals surface area contributed by atoms with Crippen LogP contribution in [0.4, 0.5) is 5.82 Å². The summed E-state index contributed by atoms with van der Waals surface area (Å²) in [6, 6.07) is 16.2. The number of nitrogens with zero attached hydrogens (tertiary/aromatic N) is 5. The number of nitrogens with one attached hydrogen (secondary N) is 1. The Hall–Kier alpha value is -3.65. The number of anilines is 1. The van der Waals surface area contributed by atoms with Gasteiger partial charge in [0.25, 0.3) is 0 Å². The molecule has 1 unspecified atom stereocenters. The maximum Gasteiger partial charge on any atom is 0.179 e. The second-order valence-corrected chi connectivity index (χ2v) is 8.70. The molecular weight excluding hydrogens is 440 g/mol. The first kappa shape index (κ1) is 24.5. The highest BCUT2D eigenvalue weighted by Crippen LogP contribution is 2.36. The van der Waals surface area contributed by atoms with Gasteiger partial charge in [0.2, 0.25) is 0 Å². The summed E-state index contributed by atoms with van der Waals surface area (Å²) < 4.78 is 14.4. The Morgan fingerprint density at radius 3 is 2.51 bits per heavy atom. The fraction of sp³-hybridized carbons (Fsp3) is 0.370. The van der Waals surface area contributed by atoms with Crippen molar-refractivity contribution in [3.8, 4) is 17.2 Å². The molecular formula is C27H34N6O2. The monoisotopic (exact) mass is 474 g/mol. The van der Waals surface area contributed by atoms with Gasteiger partial charge in [-0.1, -0.05) is 30.3 Å². The lowest BCUT2D eigenvalue weighted by Gasteiger charge is -2.22. The second-order valence-electron chi connectivity index (χ2n) is 8.70. The van der Waals surface area contributed by atoms with Crippen molar-refractivity contribution in [3.63, 3.8) is 0 Å². The molecule has 0 amide bonds. The van der Waals surface area contributed by atoms with Gasteiger partial charge >= 0.3 is 0 Å². The molecule has 4 rings (SSSR count). The number of aryl methyl sites for hydroxylation is 2. The molecule has 8 heteroatoms. The van der Waals surface area contributed by atoms with E-state index in [9.17, 15) is 0 Å². The Bertz CT molecular complexity index is 1290. The van der Waals surface area contributed by atoms with Crippen LogP contribution in [-0.2, 0) is 0 Å². The van der Waals surface area contributed by atoms with E-state index in [1.54, 1.807) is 0 Å². The van der Waals surface area contributed by atoms with Crippen molar-refractivity contribution in [1.29, 1.82) is 0 Å². The van der Waals surface area contributed by atoms with E-state index in [1.807, 2.05) is 81.0 Å². The topological polar surface area (TPSA) is 77.3 Å². The van der Waals surface area contributed by atoms with Crippen LogP contribution in [0.1, 0.15) is 36.4 Å². The number of fused-ring (bicyclic) bond motifs is 1. The highest BCUT2D eigenvalue weighted by atomic mass is 16.5. The third kappa shape index (κ3) is 5.07. The fourth-order valence-corrected chi connectivity index (χ4v) is 4.26. The zero-order valence-electron chi connectivity index (χ0n) is 21.4. The summed E-state index contributed by atoms with van der Waals surface area (Å²) in [4.78, 5) is 1.93. The van der Waals surface area contributed by atoms with E-state index in [2.05, 4.69) is 34.6 Å². The van der Waals surface area contributed by atoms with Gasteiger partial charge in [0.1, 0.15) is 28.8 Å². The second kappa shape index (κ2) is 10.7. The quantitative estimate of drug-likeness (QED) is 0.359. The van der Waals surface area contributed by atoms with Gasteiger partial charge in [0.15, 0.2) is 5.82 Å². The van der Waals surface area contributed by atoms with Crippen molar-refractivity contribution in [1.82, 2.24) is 25.3 Å². The van der Waals surface area contributed by atoms with E-state index in [4.69, 9.17) is 14.6 Å². The molecule has 1 N–H and O–H groups in total. The largest absolute Gasteiger partial charge is 0.494 e. The van der Waals surface area contributed by atoms with Gasteiger partial charge in [-0.25, -0.2) is 4.68 Å². The summed E-state index contributed by atoms with van der Waals surface area (Å²) >= 11 is 0. The van der Waals surface area contributed by atoms with Crippen LogP contribution in [0, 0.1) is 13.8 Å². The first-order valence-corrected chi connectivity index (χ1v) is 12.0. The number of aromatic nitrogens is 4. The summed E-state index contributed by atoms with van der Waals surface area (Å²) in [7, 11) is 5.85. The first-order valence-electron chi connectivity index (χ1n) is 12.0. The molecule has 0 radical (unpaired) electrons. The van der Waals surface area contributed by atoms with Crippen LogP contribution >= 0.6 is 0 Å². The normalized spacial score (nSPS) is 12.1. The summed E-state index contributed by atoms with van der Waals surface area (Å²) in [6.45, 7) is 7.40. The average Bonchev–Trinajstić information content (AvgIpc) is 3.20. The Morgan fingerprint density at radius 2 is 1.83 bits per heavy atom. The Balaban J connectivity index is 1.86. The number of ether oxygens (including phenoxy) is 2. The zero-order valence-corrected chi connectivity index (χ0v) is 21.4. The highest BCUT2D eigenvalue weighted by molar-refractivity contribution is 5.92. The molecule has 0 spiro atoms. The van der Waals surface area contributed by atoms with E-state index in [0.29, 0.717) is 6.61 Å². The first-order chi connectivity index (χ1) is 16.9. The Labute approximate surface area is 206 Å². The van der Waals surface area contributed by atoms with Crippen LogP contribution in [0.15, 0.2) is 48.5 Å². The molecule has 2 aromatic carbocycles. The minimum Gasteiger partial charge on any atom is -0.494 e. The average molecular weight is 475 g/mol. The van der Waals surface area contributed by atoms with Gasteiger partial charge in [-0.3, -0.25) is 0 Å². The molecule has 1 atom stereocenters. The van der Waals surface area contributed by atoms with Crippen LogP contribution in [0.5, 0.6) is 11.5 Å². The fourth-order valence-electron chi connectivity index (χ4n) is 4.26. The molecule has 0 aliphatic rings. The SMILES string of the molecule is CCOc1ccc(OC(CCNC)c2ccccc2)c(-n2nc3c(N(C)C)nnc(C)c3c2C)c1. The van der Waals surface area contributed by atoms with Gasteiger partial charge in [-0.2, -0.15) is 10.2 Å². The van der Waals surface area contributed by atoms with Crippen molar-refractivity contribution in [2.24, 2.45) is 0 Å². The van der Waals surface area contributed by atoms with E-state index >= 15 is 0 Å². The Kier molecular flexibility index (Phi) is 7.51. The van der Waals surface area contributed by atoms with Crippen LogP contribution in [0.25, 0.3) is 16.6 Å². The molecule has 0 saturated heterocycles. The summed E-state index contributed by atoms with van der Waals surface area (Å²) in [6.07, 6.45) is 0.707. The molecule has 0 aliphatic heterocycles. The van der Waals surface area contributed by atoms with Crippen molar-refractivity contribution in [2.75, 3.05) is 39.2 Å². The molecule has 4 aromatic rings. The highest BCUT2D eigenvalue weighted by Gasteiger charge is 2.22. The standard InChI is InChI=1S/C27H34N6O2/c1-7-34-21-13-14-24(35-23(15-16-28-4)20-11-9-8-10-12-20)22(17-21)33-19(3)25-18(2)29-30-27(32(5)6)26(25)31-33/h8-14,17,23,28H,7,15-16H2,1-6H3. The van der Waals surface area contributed by atoms with Gasteiger partial charge < -0.3 is 19.7 Å². The molecule has 8 nitrogen and oxygen atoms in total. The lowest BCUT2D eigenvalue weighted by atomic mass is 10.1. The van der Waals surface area contributed by atoms with Gasteiger partial charge in [-0.15, -0.1) is 5.10 Å². The van der Waals surface area contributed by atoms with Crippen LogP contribution in [-0.4, -0.2) is 54.3 Å². The number of benzene rings is 2. The zero-order chi connectivity index (χ0) is 24.9. The maximum absolute atomic E-state index is 6.68. The summed E-state index contributed by atoms with van der Waals surface area (Å²) in [5.41, 5.74) is 4.57. The molecule has 0 bridgehead atoms. The summed E-state index contributed by atoms with van der Waals surface area (Å²) in [5.74, 6) is 2.23. The summed E-state index contributed by atoms with van der Waals surface area (Å²) in [5, 5.41) is 18.0. The van der Waals surface area contributed by atoms with E-state index in [1.165, 1.54) is 0 Å². The maximum atomic E-state index is 6.68. The third-order valence-corrected chi connectivity index (χ3v) is 5.97. The lowest BCUT2D eigenvalue weighted by molar-refractivity contribution is 0.194. The number of hydrogen-bond acceptors (Lipinski definition) is 7. The van der Waals surface area contributed by atoms with E-state index < -0.39 is 0 Å². The molecule has 0 saturated carbocycles. The van der Waals surface area contributed by atoms with Crippen molar-refractivity contribution >= 4 is 16.7 Å². The minimum atomic E-state index is -0.118. The molecule has 2 heterocycles. The third-order valence-electron chi connectivity index (χ3n) is 5.97. The van der Waals surface area contributed by atoms with Crippen molar-refractivity contribution in [2.45, 2.75) is 33.3 Å². The predicted molar refractivity (Wildman–Crippen MR) is 140 cm³/mol. The van der Waals surface area contributed by atoms with Gasteiger partial charge in [0, 0.05) is 26.6 Å². The lowest BCUT2D eigenvalue weighted by Crippen LogP contribution is -2.17. The van der Waals surface area contributed by atoms with Crippen LogP contribution in [0.3, 0.4) is 0 Å². The van der Waals surface area contributed by atoms with E-state index in [0.717, 1.165) is 63.8 Å². The van der Waals surface area contributed by atoms with Crippen molar-refractivity contribution < 1.29 is 9.47 Å². The minimum absolute atomic E-state index is 0.118. The number of hydrogen-bond donors (Lipinski definition) is 1. The molecule has 0 aliphatic carbocycles. The van der Waals surface area contributed by atoms with Crippen LogP contribution < -0.4 is 19.7 Å². The number of rotatable bonds is 10. The van der Waals surface area contributed by atoms with Crippen LogP contribution in [0.2, 0.25) is 0 Å². The predicted octanol–water partition coefficient (Wildman–Crippen LogP) is 4.63. The van der Waals surface area contributed by atoms with Gasteiger partial charge in [0.05, 0.1) is 23.4 Å².